The third-order valence-electron chi connectivity index (χ3n) is 7.19. The van der Waals surface area contributed by atoms with Crippen molar-refractivity contribution < 1.29 is 19.5 Å². The molecule has 0 aliphatic heterocycles. The number of rotatable bonds is 6. The van der Waals surface area contributed by atoms with Crippen LogP contribution in [0.15, 0.2) is 117 Å². The van der Waals surface area contributed by atoms with Crippen molar-refractivity contribution in [2.24, 2.45) is 9.98 Å². The first-order valence-corrected chi connectivity index (χ1v) is 13.6. The van der Waals surface area contributed by atoms with Gasteiger partial charge in [0.1, 0.15) is 0 Å². The summed E-state index contributed by atoms with van der Waals surface area (Å²) in [5, 5.41) is 4.59. The fourth-order valence-electron chi connectivity index (χ4n) is 4.70. The van der Waals surface area contributed by atoms with Crippen molar-refractivity contribution in [2.45, 2.75) is 48.6 Å². The maximum Gasteiger partial charge on any atom is 2.00 e. The molecular formula is C34H30N2S2Zn. The minimum atomic E-state index is -0.412. The monoisotopic (exact) mass is 594 g/mol. The summed E-state index contributed by atoms with van der Waals surface area (Å²) in [6.07, 6.45) is 3.87. The summed E-state index contributed by atoms with van der Waals surface area (Å²) in [7, 11) is 0. The normalized spacial score (nSPS) is 12.4. The standard InChI is InChI=1S/C34H32N2S2.Zn/c1-33(2,35-21-29-27-11-7-5-9-23(27)13-19-31(29)37)25-15-17-26(18-16-25)34(3,4)36-22-30-28-12-8-6-10-24(28)14-20-32(30)38;/h5-22,37-38H,1-4H3;/q;+2/p-2. The van der Waals surface area contributed by atoms with Crippen LogP contribution in [0, 0.1) is 0 Å². The van der Waals surface area contributed by atoms with Gasteiger partial charge in [0.05, 0.1) is 11.1 Å². The molecule has 0 aliphatic rings. The number of nitrogens with zero attached hydrogens (tertiary/aromatic N) is 2. The summed E-state index contributed by atoms with van der Waals surface area (Å²) < 4.78 is 0. The maximum absolute atomic E-state index is 5.63. The van der Waals surface area contributed by atoms with Crippen LogP contribution in [0.2, 0.25) is 0 Å². The molecule has 39 heavy (non-hydrogen) atoms. The third kappa shape index (κ3) is 6.12. The molecule has 0 spiro atoms. The Morgan fingerprint density at radius 3 is 1.26 bits per heavy atom. The smallest absolute Gasteiger partial charge is 0.779 e. The molecule has 0 aliphatic carbocycles. The summed E-state index contributed by atoms with van der Waals surface area (Å²) in [6.45, 7) is 8.51. The molecular weight excluding hydrogens is 566 g/mol. The van der Waals surface area contributed by atoms with Crippen LogP contribution in [-0.4, -0.2) is 12.4 Å². The molecule has 5 heteroatoms. The van der Waals surface area contributed by atoms with Gasteiger partial charge in [-0.25, -0.2) is 0 Å². The summed E-state index contributed by atoms with van der Waals surface area (Å²) in [5.74, 6) is 0. The molecule has 0 N–H and O–H groups in total. The largest absolute Gasteiger partial charge is 2.00 e. The van der Waals surface area contributed by atoms with Gasteiger partial charge in [-0.15, -0.1) is 0 Å². The molecule has 0 unspecified atom stereocenters. The van der Waals surface area contributed by atoms with Gasteiger partial charge in [0.15, 0.2) is 0 Å². The molecule has 0 heterocycles. The Morgan fingerprint density at radius 1 is 0.513 bits per heavy atom. The Hall–Kier alpha value is -2.98. The fraction of sp³-hybridized carbons (Fsp3) is 0.176. The number of hydrogen-bond donors (Lipinski definition) is 0. The SMILES string of the molecule is CC(C)(N=Cc1c([S-])ccc2ccccc12)c1ccc(C(C)(C)N=Cc2c([S-])ccc3ccccc23)cc1.[Zn+2]. The zero-order valence-electron chi connectivity index (χ0n) is 22.8. The molecule has 190 valence electrons. The van der Waals surface area contributed by atoms with Crippen LogP contribution in [0.1, 0.15) is 49.9 Å². The second-order valence-electron chi connectivity index (χ2n) is 10.6. The Morgan fingerprint density at radius 2 is 0.872 bits per heavy atom. The first-order valence-electron chi connectivity index (χ1n) is 12.7. The maximum atomic E-state index is 5.63. The van der Waals surface area contributed by atoms with Crippen molar-refractivity contribution in [2.75, 3.05) is 0 Å². The molecule has 0 aromatic heterocycles. The van der Waals surface area contributed by atoms with Crippen molar-refractivity contribution >= 4 is 59.2 Å². The molecule has 5 aromatic rings. The van der Waals surface area contributed by atoms with Crippen molar-refractivity contribution in [3.63, 3.8) is 0 Å². The van der Waals surface area contributed by atoms with Gasteiger partial charge in [-0.3, -0.25) is 9.98 Å². The van der Waals surface area contributed by atoms with E-state index in [1.54, 1.807) is 0 Å². The molecule has 0 bridgehead atoms. The first kappa shape index (κ1) is 29.0. The topological polar surface area (TPSA) is 24.7 Å². The van der Waals surface area contributed by atoms with Gasteiger partial charge in [-0.2, -0.15) is 9.79 Å². The van der Waals surface area contributed by atoms with Crippen molar-refractivity contribution in [3.05, 3.63) is 119 Å². The van der Waals surface area contributed by atoms with Gasteiger partial charge in [0.25, 0.3) is 0 Å². The Labute approximate surface area is 255 Å². The Bertz CT molecular complexity index is 1560. The molecule has 0 fully saturated rings. The van der Waals surface area contributed by atoms with E-state index in [1.807, 2.05) is 48.8 Å². The summed E-state index contributed by atoms with van der Waals surface area (Å²) >= 11 is 11.3. The summed E-state index contributed by atoms with van der Waals surface area (Å²) in [5.41, 5.74) is 3.42. The van der Waals surface area contributed by atoms with Gasteiger partial charge in [-0.1, -0.05) is 97.1 Å². The molecule has 2 nitrogen and oxygen atoms in total. The van der Waals surface area contributed by atoms with Crippen molar-refractivity contribution in [1.29, 1.82) is 0 Å². The van der Waals surface area contributed by atoms with Crippen LogP contribution in [0.4, 0.5) is 0 Å². The van der Waals surface area contributed by atoms with Crippen LogP contribution in [0.25, 0.3) is 21.5 Å². The Balaban J connectivity index is 0.00000353. The van der Waals surface area contributed by atoms with Crippen LogP contribution >= 0.6 is 0 Å². The van der Waals surface area contributed by atoms with Gasteiger partial charge >= 0.3 is 19.5 Å². The Kier molecular flexibility index (Phi) is 8.66. The number of aliphatic imine (C=N–C) groups is 2. The van der Waals surface area contributed by atoms with E-state index in [2.05, 4.69) is 88.4 Å². The average Bonchev–Trinajstić information content (AvgIpc) is 2.92. The minimum Gasteiger partial charge on any atom is -0.779 e. The molecule has 5 rings (SSSR count). The van der Waals surface area contributed by atoms with Gasteiger partial charge < -0.3 is 25.3 Å². The third-order valence-corrected chi connectivity index (χ3v) is 7.90. The summed E-state index contributed by atoms with van der Waals surface area (Å²) in [6, 6.07) is 33.3. The quantitative estimate of drug-likeness (QED) is 0.112. The molecule has 0 saturated carbocycles. The first-order chi connectivity index (χ1) is 18.2. The second-order valence-corrected chi connectivity index (χ2v) is 11.5. The van der Waals surface area contributed by atoms with Crippen molar-refractivity contribution in [1.82, 2.24) is 0 Å². The van der Waals surface area contributed by atoms with E-state index in [9.17, 15) is 0 Å². The van der Waals surface area contributed by atoms with Gasteiger partial charge in [-0.05, 0) is 71.5 Å². The van der Waals surface area contributed by atoms with Crippen LogP contribution in [0.5, 0.6) is 0 Å². The summed E-state index contributed by atoms with van der Waals surface area (Å²) in [4.78, 5) is 11.6. The van der Waals surface area contributed by atoms with E-state index >= 15 is 0 Å². The number of hydrogen-bond acceptors (Lipinski definition) is 4. The predicted octanol–water partition coefficient (Wildman–Crippen LogP) is 8.51. The zero-order valence-corrected chi connectivity index (χ0v) is 27.4. The van der Waals surface area contributed by atoms with Gasteiger partial charge in [0, 0.05) is 12.4 Å². The fourth-order valence-corrected chi connectivity index (χ4v) is 5.17. The molecule has 0 atom stereocenters. The van der Waals surface area contributed by atoms with E-state index in [4.69, 9.17) is 35.2 Å². The number of fused-ring (bicyclic) bond motifs is 2. The van der Waals surface area contributed by atoms with E-state index in [0.29, 0.717) is 0 Å². The number of benzene rings is 5. The van der Waals surface area contributed by atoms with Gasteiger partial charge in [0.2, 0.25) is 0 Å². The minimum absolute atomic E-state index is 0. The van der Waals surface area contributed by atoms with E-state index in [0.717, 1.165) is 42.8 Å². The molecule has 0 amide bonds. The van der Waals surface area contributed by atoms with Crippen LogP contribution < -0.4 is 0 Å². The predicted molar refractivity (Wildman–Crippen MR) is 167 cm³/mol. The van der Waals surface area contributed by atoms with E-state index < -0.39 is 11.1 Å². The zero-order chi connectivity index (χ0) is 26.9. The average molecular weight is 596 g/mol. The molecule has 0 radical (unpaired) electrons. The van der Waals surface area contributed by atoms with Crippen LogP contribution in [0.3, 0.4) is 0 Å². The molecule has 0 saturated heterocycles. The van der Waals surface area contributed by atoms with E-state index in [-0.39, 0.29) is 19.5 Å². The van der Waals surface area contributed by atoms with Crippen LogP contribution in [-0.2, 0) is 55.8 Å². The van der Waals surface area contributed by atoms with E-state index in [1.165, 1.54) is 10.8 Å². The molecule has 5 aromatic carbocycles. The second kappa shape index (κ2) is 11.6. The van der Waals surface area contributed by atoms with Crippen molar-refractivity contribution in [3.8, 4) is 0 Å².